The van der Waals surface area contributed by atoms with E-state index in [-0.39, 0.29) is 12.0 Å². The van der Waals surface area contributed by atoms with Crippen molar-refractivity contribution in [3.8, 4) is 0 Å². The number of aromatic amines is 1. The van der Waals surface area contributed by atoms with Crippen LogP contribution < -0.4 is 5.56 Å². The van der Waals surface area contributed by atoms with Gasteiger partial charge in [-0.3, -0.25) is 9.59 Å². The molecule has 1 aliphatic heterocycles. The largest absolute Gasteiger partial charge is 0.481 e. The van der Waals surface area contributed by atoms with Crippen LogP contribution in [-0.2, 0) is 16.0 Å². The zero-order valence-electron chi connectivity index (χ0n) is 16.8. The highest BCUT2D eigenvalue weighted by atomic mass is 35.5. The fourth-order valence-electron chi connectivity index (χ4n) is 3.97. The minimum atomic E-state index is -0.801. The highest BCUT2D eigenvalue weighted by Gasteiger charge is 2.26. The van der Waals surface area contributed by atoms with E-state index < -0.39 is 5.97 Å². The van der Waals surface area contributed by atoms with E-state index >= 15 is 0 Å². The van der Waals surface area contributed by atoms with Crippen molar-refractivity contribution in [1.82, 2.24) is 4.98 Å². The summed E-state index contributed by atoms with van der Waals surface area (Å²) >= 11 is 6.53. The third-order valence-corrected chi connectivity index (χ3v) is 6.17. The number of carbonyl (C=O) groups is 1. The monoisotopic (exact) mass is 427 g/mol. The molecule has 6 heteroatoms. The van der Waals surface area contributed by atoms with Crippen molar-refractivity contribution in [3.63, 3.8) is 0 Å². The van der Waals surface area contributed by atoms with E-state index in [4.69, 9.17) is 21.4 Å². The van der Waals surface area contributed by atoms with Gasteiger partial charge in [-0.15, -0.1) is 0 Å². The predicted octanol–water partition coefficient (Wildman–Crippen LogP) is 4.78. The summed E-state index contributed by atoms with van der Waals surface area (Å²) in [5.41, 5.74) is 4.45. The van der Waals surface area contributed by atoms with Gasteiger partial charge in [-0.25, -0.2) is 0 Å². The number of rotatable bonds is 8. The second kappa shape index (κ2) is 9.19. The molecule has 1 unspecified atom stereocenters. The van der Waals surface area contributed by atoms with E-state index in [0.717, 1.165) is 53.8 Å². The summed E-state index contributed by atoms with van der Waals surface area (Å²) in [6.07, 6.45) is 6.59. The molecular weight excluding hydrogens is 402 g/mol. The first-order chi connectivity index (χ1) is 14.5. The van der Waals surface area contributed by atoms with Crippen LogP contribution in [-0.4, -0.2) is 29.3 Å². The molecule has 158 valence electrons. The summed E-state index contributed by atoms with van der Waals surface area (Å²) in [6.45, 7) is 1.42. The van der Waals surface area contributed by atoms with Crippen LogP contribution >= 0.6 is 11.6 Å². The zero-order valence-corrected chi connectivity index (χ0v) is 17.6. The number of pyridine rings is 1. The molecule has 0 amide bonds. The first-order valence-electron chi connectivity index (χ1n) is 10.5. The number of aliphatic carboxylic acids is 1. The number of nitrogens with one attached hydrogen (secondary N) is 1. The lowest BCUT2D eigenvalue weighted by Crippen LogP contribution is -2.14. The van der Waals surface area contributed by atoms with Gasteiger partial charge in [0.1, 0.15) is 0 Å². The van der Waals surface area contributed by atoms with E-state index in [9.17, 15) is 9.59 Å². The highest BCUT2D eigenvalue weighted by Crippen LogP contribution is 2.38. The number of H-pyrrole nitrogens is 1. The van der Waals surface area contributed by atoms with E-state index in [0.29, 0.717) is 36.3 Å². The number of ether oxygens (including phenoxy) is 1. The number of aryl methyl sites for hydroxylation is 1. The Labute approximate surface area is 180 Å². The van der Waals surface area contributed by atoms with Gasteiger partial charge >= 0.3 is 5.97 Å². The summed E-state index contributed by atoms with van der Waals surface area (Å²) in [5.74, 6) is -0.107. The lowest BCUT2D eigenvalue weighted by Gasteiger charge is -2.14. The van der Waals surface area contributed by atoms with E-state index in [1.165, 1.54) is 0 Å². The molecule has 2 aliphatic rings. The maximum atomic E-state index is 12.6. The standard InChI is InChI=1S/C24H26ClNO4/c25-21-13-18(7-6-17(21)2-1-3-23(27)28)20(12-15-10-11-30-14-15)22-9-8-19(16-4-5-16)24(29)26-22/h6-9,12-13,15-16H,1-5,10-11,14H2,(H,26,29)(H,27,28)/b20-12+. The number of halogens is 1. The van der Waals surface area contributed by atoms with Crippen molar-refractivity contribution in [2.75, 3.05) is 13.2 Å². The zero-order chi connectivity index (χ0) is 21.1. The fourth-order valence-corrected chi connectivity index (χ4v) is 4.24. The average Bonchev–Trinajstić information content (AvgIpc) is 3.42. The van der Waals surface area contributed by atoms with E-state index in [1.807, 2.05) is 30.3 Å². The number of hydrogen-bond donors (Lipinski definition) is 2. The molecule has 2 N–H and O–H groups in total. The lowest BCUT2D eigenvalue weighted by atomic mass is 9.94. The SMILES string of the molecule is O=C(O)CCCc1ccc(/C(=C\C2CCOC2)c2ccc(C3CC3)c(=O)[nH]2)cc1Cl. The van der Waals surface area contributed by atoms with E-state index in [2.05, 4.69) is 11.1 Å². The number of benzene rings is 1. The Morgan fingerprint density at radius 3 is 2.70 bits per heavy atom. The third kappa shape index (κ3) is 5.02. The van der Waals surface area contributed by atoms with Crippen molar-refractivity contribution in [1.29, 1.82) is 0 Å². The van der Waals surface area contributed by atoms with Gasteiger partial charge in [-0.1, -0.05) is 35.9 Å². The Balaban J connectivity index is 1.64. The summed E-state index contributed by atoms with van der Waals surface area (Å²) in [4.78, 5) is 26.4. The van der Waals surface area contributed by atoms with Crippen LogP contribution in [0.5, 0.6) is 0 Å². The third-order valence-electron chi connectivity index (χ3n) is 5.82. The van der Waals surface area contributed by atoms with Gasteiger partial charge < -0.3 is 14.8 Å². The van der Waals surface area contributed by atoms with Crippen LogP contribution in [0.3, 0.4) is 0 Å². The maximum Gasteiger partial charge on any atom is 0.303 e. The van der Waals surface area contributed by atoms with Crippen LogP contribution in [0.25, 0.3) is 5.57 Å². The van der Waals surface area contributed by atoms with Gasteiger partial charge in [0.05, 0.1) is 6.61 Å². The molecule has 0 bridgehead atoms. The molecule has 0 spiro atoms. The molecule has 4 rings (SSSR count). The Morgan fingerprint density at radius 1 is 1.23 bits per heavy atom. The van der Waals surface area contributed by atoms with Gasteiger partial charge in [0.25, 0.3) is 5.56 Å². The van der Waals surface area contributed by atoms with Gasteiger partial charge in [0, 0.05) is 40.8 Å². The molecule has 1 saturated carbocycles. The molecule has 2 fully saturated rings. The summed E-state index contributed by atoms with van der Waals surface area (Å²) in [7, 11) is 0. The number of aromatic nitrogens is 1. The second-order valence-electron chi connectivity index (χ2n) is 8.19. The molecule has 2 aromatic rings. The lowest BCUT2D eigenvalue weighted by molar-refractivity contribution is -0.137. The molecule has 1 aromatic heterocycles. The van der Waals surface area contributed by atoms with E-state index in [1.54, 1.807) is 0 Å². The van der Waals surface area contributed by atoms with Gasteiger partial charge in [0.2, 0.25) is 0 Å². The molecule has 1 saturated heterocycles. The van der Waals surface area contributed by atoms with Crippen LogP contribution in [0.15, 0.2) is 41.2 Å². The van der Waals surface area contributed by atoms with Crippen molar-refractivity contribution in [2.45, 2.75) is 44.4 Å². The van der Waals surface area contributed by atoms with Crippen LogP contribution in [0.1, 0.15) is 60.4 Å². The van der Waals surface area contributed by atoms with Crippen molar-refractivity contribution in [3.05, 3.63) is 74.2 Å². The van der Waals surface area contributed by atoms with Gasteiger partial charge in [-0.2, -0.15) is 0 Å². The number of carboxylic acid groups (broad SMARTS) is 1. The topological polar surface area (TPSA) is 79.4 Å². The molecule has 0 radical (unpaired) electrons. The highest BCUT2D eigenvalue weighted by molar-refractivity contribution is 6.31. The van der Waals surface area contributed by atoms with Crippen LogP contribution in [0.2, 0.25) is 5.02 Å². The Hall–Kier alpha value is -2.37. The quantitative estimate of drug-likeness (QED) is 0.635. The number of hydrogen-bond acceptors (Lipinski definition) is 3. The Morgan fingerprint density at radius 2 is 2.07 bits per heavy atom. The first kappa shape index (κ1) is 20.9. The van der Waals surface area contributed by atoms with Gasteiger partial charge in [-0.05, 0) is 61.3 Å². The normalized spacial score (nSPS) is 19.2. The smallest absolute Gasteiger partial charge is 0.303 e. The summed E-state index contributed by atoms with van der Waals surface area (Å²) < 4.78 is 5.53. The first-order valence-corrected chi connectivity index (χ1v) is 10.9. The molecule has 1 atom stereocenters. The Bertz CT molecular complexity index is 1020. The molecule has 2 heterocycles. The molecule has 5 nitrogen and oxygen atoms in total. The van der Waals surface area contributed by atoms with Crippen molar-refractivity contribution >= 4 is 23.1 Å². The summed E-state index contributed by atoms with van der Waals surface area (Å²) in [5, 5.41) is 9.45. The molecular formula is C24H26ClNO4. The predicted molar refractivity (Wildman–Crippen MR) is 117 cm³/mol. The van der Waals surface area contributed by atoms with Crippen molar-refractivity contribution < 1.29 is 14.6 Å². The fraction of sp³-hybridized carbons (Fsp3) is 0.417. The Kier molecular flexibility index (Phi) is 6.40. The molecule has 30 heavy (non-hydrogen) atoms. The minimum absolute atomic E-state index is 0.0139. The molecule has 1 aromatic carbocycles. The van der Waals surface area contributed by atoms with Crippen LogP contribution in [0.4, 0.5) is 0 Å². The average molecular weight is 428 g/mol. The number of carboxylic acids is 1. The summed E-state index contributed by atoms with van der Waals surface area (Å²) in [6, 6.07) is 9.80. The minimum Gasteiger partial charge on any atom is -0.481 e. The maximum absolute atomic E-state index is 12.6. The molecule has 1 aliphatic carbocycles. The van der Waals surface area contributed by atoms with Crippen molar-refractivity contribution in [2.24, 2.45) is 5.92 Å². The second-order valence-corrected chi connectivity index (χ2v) is 8.60. The van der Waals surface area contributed by atoms with Crippen LogP contribution in [0, 0.1) is 5.92 Å². The van der Waals surface area contributed by atoms with Gasteiger partial charge in [0.15, 0.2) is 0 Å².